The van der Waals surface area contributed by atoms with Crippen LogP contribution in [0, 0.1) is 0 Å². The first kappa shape index (κ1) is 17.6. The summed E-state index contributed by atoms with van der Waals surface area (Å²) in [7, 11) is -0.214. The van der Waals surface area contributed by atoms with E-state index in [1.165, 1.54) is 70.6 Å². The van der Waals surface area contributed by atoms with Crippen molar-refractivity contribution in [3.63, 3.8) is 0 Å². The van der Waals surface area contributed by atoms with Gasteiger partial charge < -0.3 is 9.68 Å². The molecule has 0 fully saturated rings. The Hall–Kier alpha value is -0.435. The van der Waals surface area contributed by atoms with Gasteiger partial charge in [0.05, 0.1) is 6.26 Å². The Kier molecular flexibility index (Phi) is 16.2. The van der Waals surface area contributed by atoms with Crippen molar-refractivity contribution >= 4 is 7.69 Å². The Morgan fingerprint density at radius 3 is 1.83 bits per heavy atom. The van der Waals surface area contributed by atoms with Crippen molar-refractivity contribution in [3.8, 4) is 0 Å². The molecule has 0 spiro atoms. The second kappa shape index (κ2) is 16.6. The summed E-state index contributed by atoms with van der Waals surface area (Å²) in [5, 5.41) is 8.38. The molecule has 0 saturated heterocycles. The van der Waals surface area contributed by atoms with Gasteiger partial charge in [0, 0.05) is 0 Å². The first-order valence-electron chi connectivity index (χ1n) is 7.79. The van der Waals surface area contributed by atoms with Gasteiger partial charge in [-0.1, -0.05) is 77.2 Å². The smallest absolute Gasteiger partial charge is 0.503 e. The van der Waals surface area contributed by atoms with Gasteiger partial charge >= 0.3 is 7.69 Å². The van der Waals surface area contributed by atoms with Crippen LogP contribution < -0.4 is 0 Å². The molecule has 0 heterocycles. The van der Waals surface area contributed by atoms with Gasteiger partial charge in [-0.25, -0.2) is 0 Å². The minimum Gasteiger partial charge on any atom is -0.545 e. The highest BCUT2D eigenvalue weighted by Gasteiger charge is 1.92. The van der Waals surface area contributed by atoms with Crippen LogP contribution >= 0.6 is 0 Å². The van der Waals surface area contributed by atoms with Gasteiger partial charge in [0.1, 0.15) is 0 Å². The molecule has 0 saturated carbocycles. The van der Waals surface area contributed by atoms with Crippen LogP contribution in [-0.2, 0) is 4.65 Å². The summed E-state index contributed by atoms with van der Waals surface area (Å²) in [6.07, 6.45) is 19.9. The fraction of sp³-hybridized carbons (Fsp3) is 0.867. The monoisotopic (exact) mass is 254 g/mol. The summed E-state index contributed by atoms with van der Waals surface area (Å²) in [6.45, 7) is 2.27. The van der Waals surface area contributed by atoms with Crippen molar-refractivity contribution in [3.05, 3.63) is 12.3 Å². The summed E-state index contributed by atoms with van der Waals surface area (Å²) < 4.78 is 4.71. The van der Waals surface area contributed by atoms with Gasteiger partial charge in [-0.15, -0.1) is 0 Å². The van der Waals surface area contributed by atoms with E-state index in [1.807, 2.05) is 6.08 Å². The second-order valence-corrected chi connectivity index (χ2v) is 4.99. The summed E-state index contributed by atoms with van der Waals surface area (Å²) in [5.41, 5.74) is 0. The summed E-state index contributed by atoms with van der Waals surface area (Å²) >= 11 is 0. The molecule has 0 bridgehead atoms. The standard InChI is InChI=1S/C15H31BO2/c1-2-3-4-5-6-7-8-9-10-11-12-13-14-15-18-16-17/h14-17H,2-13H2,1H3/b15-14+. The Bertz CT molecular complexity index is 172. The van der Waals surface area contributed by atoms with E-state index in [1.54, 1.807) is 6.26 Å². The molecule has 18 heavy (non-hydrogen) atoms. The van der Waals surface area contributed by atoms with Gasteiger partial charge in [-0.2, -0.15) is 0 Å². The lowest BCUT2D eigenvalue weighted by molar-refractivity contribution is 0.404. The van der Waals surface area contributed by atoms with Gasteiger partial charge in [-0.3, -0.25) is 0 Å². The third kappa shape index (κ3) is 15.6. The SMILES string of the molecule is CCCCCCCCCCCCC/C=C/OBO. The molecule has 0 radical (unpaired) electrons. The predicted octanol–water partition coefficient (Wildman–Crippen LogP) is 4.48. The topological polar surface area (TPSA) is 29.5 Å². The zero-order chi connectivity index (χ0) is 13.3. The molecule has 0 aliphatic rings. The molecule has 2 nitrogen and oxygen atoms in total. The fourth-order valence-electron chi connectivity index (χ4n) is 2.11. The maximum Gasteiger partial charge on any atom is 0.503 e. The lowest BCUT2D eigenvalue weighted by Crippen LogP contribution is -1.87. The number of unbranched alkanes of at least 4 members (excludes halogenated alkanes) is 11. The average Bonchev–Trinajstić information content (AvgIpc) is 2.39. The largest absolute Gasteiger partial charge is 0.545 e. The van der Waals surface area contributed by atoms with Crippen LogP contribution in [0.25, 0.3) is 0 Å². The number of hydrogen-bond donors (Lipinski definition) is 1. The molecular formula is C15H31BO2. The quantitative estimate of drug-likeness (QED) is 0.281. The van der Waals surface area contributed by atoms with Crippen LogP contribution in [0.15, 0.2) is 12.3 Å². The minimum atomic E-state index is -0.214. The van der Waals surface area contributed by atoms with Gasteiger partial charge in [0.2, 0.25) is 0 Å². The summed E-state index contributed by atoms with van der Waals surface area (Å²) in [6, 6.07) is 0. The number of rotatable bonds is 14. The third-order valence-corrected chi connectivity index (χ3v) is 3.24. The third-order valence-electron chi connectivity index (χ3n) is 3.24. The van der Waals surface area contributed by atoms with Crippen LogP contribution in [0.2, 0.25) is 0 Å². The Morgan fingerprint density at radius 2 is 1.33 bits per heavy atom. The first-order chi connectivity index (χ1) is 8.91. The molecule has 0 aliphatic carbocycles. The maximum absolute atomic E-state index is 8.38. The number of allylic oxidation sites excluding steroid dienone is 1. The Balaban J connectivity index is 2.94. The zero-order valence-corrected chi connectivity index (χ0v) is 12.2. The van der Waals surface area contributed by atoms with E-state index in [4.69, 9.17) is 9.68 Å². The Morgan fingerprint density at radius 1 is 0.833 bits per heavy atom. The van der Waals surface area contributed by atoms with E-state index in [9.17, 15) is 0 Å². The molecule has 0 aliphatic heterocycles. The van der Waals surface area contributed by atoms with Crippen molar-refractivity contribution in [2.45, 2.75) is 84.0 Å². The molecule has 0 amide bonds. The van der Waals surface area contributed by atoms with E-state index < -0.39 is 0 Å². The molecule has 106 valence electrons. The summed E-state index contributed by atoms with van der Waals surface area (Å²) in [5.74, 6) is 0. The van der Waals surface area contributed by atoms with E-state index in [2.05, 4.69) is 6.92 Å². The molecule has 0 unspecified atom stereocenters. The van der Waals surface area contributed by atoms with Crippen LogP contribution in [0.5, 0.6) is 0 Å². The van der Waals surface area contributed by atoms with Crippen LogP contribution in [0.4, 0.5) is 0 Å². The van der Waals surface area contributed by atoms with E-state index >= 15 is 0 Å². The normalized spacial score (nSPS) is 11.0. The highest BCUT2D eigenvalue weighted by Crippen LogP contribution is 2.11. The van der Waals surface area contributed by atoms with Crippen LogP contribution in [0.1, 0.15) is 84.0 Å². The van der Waals surface area contributed by atoms with Crippen LogP contribution in [0.3, 0.4) is 0 Å². The van der Waals surface area contributed by atoms with Gasteiger partial charge in [0.15, 0.2) is 0 Å². The van der Waals surface area contributed by atoms with Crippen LogP contribution in [-0.4, -0.2) is 12.7 Å². The minimum absolute atomic E-state index is 0.214. The van der Waals surface area contributed by atoms with E-state index in [0.717, 1.165) is 6.42 Å². The lowest BCUT2D eigenvalue weighted by Gasteiger charge is -2.01. The van der Waals surface area contributed by atoms with Crippen molar-refractivity contribution in [1.29, 1.82) is 0 Å². The molecular weight excluding hydrogens is 223 g/mol. The molecule has 1 N–H and O–H groups in total. The van der Waals surface area contributed by atoms with Crippen molar-refractivity contribution in [1.82, 2.24) is 0 Å². The Labute approximate surface area is 114 Å². The maximum atomic E-state index is 8.38. The highest BCUT2D eigenvalue weighted by atomic mass is 16.5. The average molecular weight is 254 g/mol. The van der Waals surface area contributed by atoms with E-state index in [-0.39, 0.29) is 7.69 Å². The van der Waals surface area contributed by atoms with Crippen molar-refractivity contribution < 1.29 is 9.68 Å². The first-order valence-corrected chi connectivity index (χ1v) is 7.79. The lowest BCUT2D eigenvalue weighted by atomic mass is 10.1. The highest BCUT2D eigenvalue weighted by molar-refractivity contribution is 6.16. The molecule has 0 aromatic carbocycles. The van der Waals surface area contributed by atoms with Crippen molar-refractivity contribution in [2.75, 3.05) is 0 Å². The van der Waals surface area contributed by atoms with Gasteiger partial charge in [-0.05, 0) is 12.8 Å². The number of hydrogen-bond acceptors (Lipinski definition) is 2. The molecule has 3 heteroatoms. The van der Waals surface area contributed by atoms with E-state index in [0.29, 0.717) is 0 Å². The second-order valence-electron chi connectivity index (χ2n) is 4.99. The molecule has 0 atom stereocenters. The van der Waals surface area contributed by atoms with Crippen molar-refractivity contribution in [2.24, 2.45) is 0 Å². The van der Waals surface area contributed by atoms with Gasteiger partial charge in [0.25, 0.3) is 0 Å². The zero-order valence-electron chi connectivity index (χ0n) is 12.2. The molecule has 0 aromatic heterocycles. The fourth-order valence-corrected chi connectivity index (χ4v) is 2.11. The summed E-state index contributed by atoms with van der Waals surface area (Å²) in [4.78, 5) is 0. The molecule has 0 rings (SSSR count). The molecule has 0 aromatic rings. The predicted molar refractivity (Wildman–Crippen MR) is 80.7 cm³/mol.